The molecule has 0 radical (unpaired) electrons. The Kier molecular flexibility index (Phi) is 6.21. The van der Waals surface area contributed by atoms with Gasteiger partial charge in [-0.3, -0.25) is 4.72 Å². The Labute approximate surface area is 169 Å². The molecule has 0 saturated heterocycles. The van der Waals surface area contributed by atoms with Gasteiger partial charge in [0.2, 0.25) is 18.3 Å². The van der Waals surface area contributed by atoms with E-state index < -0.39 is 12.8 Å². The van der Waals surface area contributed by atoms with E-state index in [0.29, 0.717) is 33.8 Å². The van der Waals surface area contributed by atoms with Crippen LogP contribution in [0.3, 0.4) is 0 Å². The molecule has 10 heteroatoms. The molecule has 0 saturated carbocycles. The second-order valence-corrected chi connectivity index (χ2v) is 7.00. The van der Waals surface area contributed by atoms with Gasteiger partial charge in [-0.2, -0.15) is 10.2 Å². The Balaban J connectivity index is 1.89. The van der Waals surface area contributed by atoms with Crippen LogP contribution in [0, 0.1) is 11.3 Å². The van der Waals surface area contributed by atoms with Crippen LogP contribution in [-0.2, 0) is 12.8 Å². The lowest BCUT2D eigenvalue weighted by molar-refractivity contribution is 0.147. The van der Waals surface area contributed by atoms with Crippen LogP contribution in [0.15, 0.2) is 23.2 Å². The highest BCUT2D eigenvalue weighted by molar-refractivity contribution is 8.00. The van der Waals surface area contributed by atoms with E-state index in [0.717, 1.165) is 10.3 Å². The summed E-state index contributed by atoms with van der Waals surface area (Å²) < 4.78 is 33.9. The van der Waals surface area contributed by atoms with Gasteiger partial charge >= 0.3 is 0 Å². The van der Waals surface area contributed by atoms with Gasteiger partial charge in [0.25, 0.3) is 0 Å². The fourth-order valence-electron chi connectivity index (χ4n) is 2.82. The molecule has 0 amide bonds. The van der Waals surface area contributed by atoms with Gasteiger partial charge in [-0.15, -0.1) is 0 Å². The number of hydrogen-bond acceptors (Lipinski definition) is 6. The average Bonchev–Trinajstić information content (AvgIpc) is 3.09. The van der Waals surface area contributed by atoms with Crippen LogP contribution >= 0.6 is 23.5 Å². The minimum Gasteiger partial charge on any atom is -0.481 e. The molecule has 146 valence electrons. The van der Waals surface area contributed by atoms with Crippen molar-refractivity contribution in [2.45, 2.75) is 31.1 Å². The van der Waals surface area contributed by atoms with Crippen molar-refractivity contribution < 1.29 is 13.5 Å². The van der Waals surface area contributed by atoms with Crippen molar-refractivity contribution in [3.05, 3.63) is 40.2 Å². The lowest BCUT2D eigenvalue weighted by atomic mass is 10.1. The maximum Gasteiger partial charge on any atom is 0.242 e. The minimum absolute atomic E-state index is 0.132. The molecular weight excluding hydrogens is 408 g/mol. The molecule has 0 fully saturated rings. The maximum atomic E-state index is 12.9. The summed E-state index contributed by atoms with van der Waals surface area (Å²) in [6.07, 6.45) is -0.761. The first kappa shape index (κ1) is 20.2. The van der Waals surface area contributed by atoms with E-state index >= 15 is 0 Å². The van der Waals surface area contributed by atoms with Gasteiger partial charge in [0.05, 0.1) is 33.8 Å². The molecule has 2 heterocycles. The molecule has 1 aromatic carbocycles. The van der Waals surface area contributed by atoms with Gasteiger partial charge in [-0.25, -0.2) is 13.8 Å². The van der Waals surface area contributed by atoms with E-state index in [1.165, 1.54) is 19.1 Å². The van der Waals surface area contributed by atoms with Crippen LogP contribution in [0.2, 0.25) is 5.02 Å². The number of halogens is 3. The molecule has 0 aliphatic carbocycles. The molecule has 6 nitrogen and oxygen atoms in total. The Morgan fingerprint density at radius 1 is 1.39 bits per heavy atom. The third-order valence-corrected chi connectivity index (χ3v) is 5.23. The first-order chi connectivity index (χ1) is 13.5. The van der Waals surface area contributed by atoms with Crippen molar-refractivity contribution in [2.24, 2.45) is 0 Å². The van der Waals surface area contributed by atoms with E-state index in [1.807, 2.05) is 13.0 Å². The lowest BCUT2D eigenvalue weighted by Gasteiger charge is -2.13. The number of ether oxygens (including phenoxy) is 1. The number of hydrogen-bond donors (Lipinski definition) is 2. The van der Waals surface area contributed by atoms with Crippen LogP contribution in [-0.4, -0.2) is 28.5 Å². The second kappa shape index (κ2) is 8.63. The number of fused-ring (bicyclic) bond motifs is 1. The fourth-order valence-corrected chi connectivity index (χ4v) is 3.71. The van der Waals surface area contributed by atoms with Crippen molar-refractivity contribution in [3.8, 4) is 11.9 Å². The summed E-state index contributed by atoms with van der Waals surface area (Å²) in [6, 6.07) is 5.55. The summed E-state index contributed by atoms with van der Waals surface area (Å²) in [4.78, 5) is 12.4. The smallest absolute Gasteiger partial charge is 0.242 e. The largest absolute Gasteiger partial charge is 0.481 e. The van der Waals surface area contributed by atoms with E-state index in [9.17, 15) is 14.0 Å². The van der Waals surface area contributed by atoms with Crippen molar-refractivity contribution in [3.63, 3.8) is 0 Å². The highest BCUT2D eigenvalue weighted by atomic mass is 35.5. The monoisotopic (exact) mass is 423 g/mol. The van der Waals surface area contributed by atoms with Gasteiger partial charge in [0, 0.05) is 23.6 Å². The zero-order valence-corrected chi connectivity index (χ0v) is 16.6. The van der Waals surface area contributed by atoms with E-state index in [4.69, 9.17) is 16.3 Å². The number of alkyl halides is 2. The van der Waals surface area contributed by atoms with Gasteiger partial charge in [-0.05, 0) is 24.4 Å². The van der Waals surface area contributed by atoms with E-state index in [1.54, 1.807) is 12.3 Å². The predicted octanol–water partition coefficient (Wildman–Crippen LogP) is 4.98. The molecule has 3 rings (SSSR count). The highest BCUT2D eigenvalue weighted by Gasteiger charge is 2.19. The van der Waals surface area contributed by atoms with Crippen molar-refractivity contribution in [2.75, 3.05) is 11.8 Å². The van der Waals surface area contributed by atoms with Gasteiger partial charge < -0.3 is 9.72 Å². The van der Waals surface area contributed by atoms with Gasteiger partial charge in [0.15, 0.2) is 0 Å². The van der Waals surface area contributed by atoms with E-state index in [2.05, 4.69) is 25.7 Å². The third kappa shape index (κ3) is 3.98. The number of anilines is 1. The molecule has 28 heavy (non-hydrogen) atoms. The number of aromatic nitrogens is 3. The lowest BCUT2D eigenvalue weighted by Crippen LogP contribution is -2.09. The number of methoxy groups -OCH3 is 1. The average molecular weight is 424 g/mol. The first-order valence-electron chi connectivity index (χ1n) is 8.32. The Morgan fingerprint density at radius 2 is 2.18 bits per heavy atom. The zero-order chi connectivity index (χ0) is 20.3. The minimum atomic E-state index is -2.51. The summed E-state index contributed by atoms with van der Waals surface area (Å²) in [7, 11) is 1.39. The molecule has 0 aliphatic heterocycles. The summed E-state index contributed by atoms with van der Waals surface area (Å²) in [5.41, 5.74) is 1.83. The third-order valence-electron chi connectivity index (χ3n) is 4.07. The van der Waals surface area contributed by atoms with Crippen LogP contribution in [0.5, 0.6) is 5.88 Å². The van der Waals surface area contributed by atoms with Gasteiger partial charge in [0.1, 0.15) is 6.07 Å². The first-order valence-corrected chi connectivity index (χ1v) is 9.52. The van der Waals surface area contributed by atoms with Crippen LogP contribution in [0.1, 0.15) is 23.7 Å². The van der Waals surface area contributed by atoms with E-state index in [-0.39, 0.29) is 11.8 Å². The predicted molar refractivity (Wildman–Crippen MR) is 105 cm³/mol. The van der Waals surface area contributed by atoms with Crippen LogP contribution < -0.4 is 9.46 Å². The Bertz CT molecular complexity index is 1030. The molecule has 0 unspecified atom stereocenters. The molecular formula is C18H16ClF2N5OS. The summed E-state index contributed by atoms with van der Waals surface area (Å²) in [6.45, 7) is 1.83. The zero-order valence-electron chi connectivity index (χ0n) is 15.0. The Hall–Kier alpha value is -2.57. The quantitative estimate of drug-likeness (QED) is 0.521. The number of rotatable bonds is 7. The molecule has 3 aromatic rings. The van der Waals surface area contributed by atoms with Crippen molar-refractivity contribution in [1.82, 2.24) is 15.0 Å². The number of nitrogens with zero attached hydrogens (tertiary/aromatic N) is 3. The number of benzene rings is 1. The Morgan fingerprint density at radius 3 is 2.82 bits per heavy atom. The van der Waals surface area contributed by atoms with Crippen molar-refractivity contribution in [1.29, 1.82) is 5.26 Å². The van der Waals surface area contributed by atoms with Crippen LogP contribution in [0.4, 0.5) is 14.7 Å². The summed E-state index contributed by atoms with van der Waals surface area (Å²) >= 11 is 7.28. The molecule has 0 atom stereocenters. The van der Waals surface area contributed by atoms with Crippen molar-refractivity contribution >= 4 is 40.4 Å². The maximum absolute atomic E-state index is 12.9. The SMILES string of the molecule is CCc1nc(NSc2c[nH]c3c(C#N)c(Cl)ccc23)nc(OC)c1CC(F)F. The molecule has 2 aromatic heterocycles. The molecule has 2 N–H and O–H groups in total. The summed E-state index contributed by atoms with van der Waals surface area (Å²) in [5.74, 6) is 0.383. The number of H-pyrrole nitrogens is 1. The number of nitriles is 1. The molecule has 0 bridgehead atoms. The number of nitrogens with one attached hydrogen (secondary N) is 2. The molecule has 0 aliphatic rings. The summed E-state index contributed by atoms with van der Waals surface area (Å²) in [5, 5.41) is 10.5. The fraction of sp³-hybridized carbons (Fsp3) is 0.278. The number of aryl methyl sites for hydroxylation is 1. The molecule has 0 spiro atoms. The second-order valence-electron chi connectivity index (χ2n) is 5.74. The van der Waals surface area contributed by atoms with Gasteiger partial charge in [-0.1, -0.05) is 24.6 Å². The standard InChI is InChI=1S/C18H16ClF2N5OS/c1-3-13-10(6-15(20)21)17(27-2)25-18(24-13)26-28-14-8-23-16-9(14)4-5-12(19)11(16)7-22/h4-5,8,15,23H,3,6H2,1-2H3,(H,24,25,26). The topological polar surface area (TPSA) is 86.6 Å². The normalized spacial score (nSPS) is 11.0. The highest BCUT2D eigenvalue weighted by Crippen LogP contribution is 2.33. The number of aromatic amines is 1. The van der Waals surface area contributed by atoms with Crippen LogP contribution in [0.25, 0.3) is 10.9 Å².